The molecule has 0 bridgehead atoms. The van der Waals surface area contributed by atoms with Gasteiger partial charge in [-0.1, -0.05) is 51.1 Å². The van der Waals surface area contributed by atoms with Gasteiger partial charge in [-0.05, 0) is 38.7 Å². The Labute approximate surface area is 155 Å². The zero-order chi connectivity index (χ0) is 19.9. The summed E-state index contributed by atoms with van der Waals surface area (Å²) < 4.78 is 5.64. The smallest absolute Gasteiger partial charge is 0.327 e. The van der Waals surface area contributed by atoms with E-state index in [0.29, 0.717) is 0 Å². The van der Waals surface area contributed by atoms with Crippen molar-refractivity contribution in [1.82, 2.24) is 5.32 Å². The minimum Gasteiger partial charge on any atom is -0.459 e. The Hall–Kier alpha value is -1.95. The van der Waals surface area contributed by atoms with Gasteiger partial charge in [0.25, 0.3) is 0 Å². The van der Waals surface area contributed by atoms with Crippen molar-refractivity contribution in [1.29, 1.82) is 0 Å². The van der Waals surface area contributed by atoms with Gasteiger partial charge in [0.2, 0.25) is 6.04 Å². The lowest BCUT2D eigenvalue weighted by Gasteiger charge is -2.39. The Morgan fingerprint density at radius 1 is 1.15 bits per heavy atom. The van der Waals surface area contributed by atoms with Crippen LogP contribution < -0.4 is 5.32 Å². The number of rotatable bonds is 3. The molecule has 1 fully saturated rings. The molecule has 0 aromatic heterocycles. The molecule has 4 atom stereocenters. The van der Waals surface area contributed by atoms with Gasteiger partial charge in [0.15, 0.2) is 0 Å². The summed E-state index contributed by atoms with van der Waals surface area (Å²) in [6, 6.07) is 7.78. The maximum absolute atomic E-state index is 13.1. The van der Waals surface area contributed by atoms with Crippen molar-refractivity contribution in [3.63, 3.8) is 0 Å². The summed E-state index contributed by atoms with van der Waals surface area (Å²) in [7, 11) is 0. The van der Waals surface area contributed by atoms with Crippen molar-refractivity contribution in [3.05, 3.63) is 46.0 Å². The summed E-state index contributed by atoms with van der Waals surface area (Å²) in [4.78, 5) is 24.9. The van der Waals surface area contributed by atoms with Crippen LogP contribution in [0.25, 0.3) is 0 Å². The van der Waals surface area contributed by atoms with Crippen LogP contribution in [0, 0.1) is 21.4 Å². The van der Waals surface area contributed by atoms with E-state index >= 15 is 0 Å². The fraction of sp³-hybridized carbons (Fsp3) is 0.650. The van der Waals surface area contributed by atoms with Crippen molar-refractivity contribution >= 4 is 5.97 Å². The monoisotopic (exact) mass is 362 g/mol. The van der Waals surface area contributed by atoms with Crippen LogP contribution in [0.15, 0.2) is 30.3 Å². The van der Waals surface area contributed by atoms with Gasteiger partial charge in [-0.25, -0.2) is 0 Å². The highest BCUT2D eigenvalue weighted by Crippen LogP contribution is 2.49. The number of hydrogen-bond acceptors (Lipinski definition) is 5. The Kier molecular flexibility index (Phi) is 5.21. The van der Waals surface area contributed by atoms with E-state index in [1.165, 1.54) is 0 Å². The summed E-state index contributed by atoms with van der Waals surface area (Å²) in [6.07, 6.45) is 0. The number of ether oxygens (including phenoxy) is 1. The number of carbonyl (C=O) groups is 1. The average Bonchev–Trinajstić information content (AvgIpc) is 2.82. The number of esters is 1. The molecule has 0 radical (unpaired) electrons. The second kappa shape index (κ2) is 6.65. The molecule has 1 aliphatic heterocycles. The molecule has 0 amide bonds. The molecule has 144 valence electrons. The highest BCUT2D eigenvalue weighted by Gasteiger charge is 2.65. The fourth-order valence-electron chi connectivity index (χ4n) is 4.16. The van der Waals surface area contributed by atoms with Crippen molar-refractivity contribution in [2.45, 2.75) is 71.7 Å². The molecule has 1 aromatic carbocycles. The minimum atomic E-state index is -1.16. The molecule has 0 aliphatic carbocycles. The molecule has 1 saturated heterocycles. The lowest BCUT2D eigenvalue weighted by atomic mass is 9.67. The van der Waals surface area contributed by atoms with Crippen LogP contribution in [0.3, 0.4) is 0 Å². The molecular formula is C20H30N2O4. The normalized spacial score (nSPS) is 29.4. The maximum Gasteiger partial charge on any atom is 0.327 e. The third kappa shape index (κ3) is 3.90. The predicted molar refractivity (Wildman–Crippen MR) is 100 cm³/mol. The van der Waals surface area contributed by atoms with Gasteiger partial charge in [-0.2, -0.15) is 0 Å². The summed E-state index contributed by atoms with van der Waals surface area (Å²) >= 11 is 0. The first-order valence-corrected chi connectivity index (χ1v) is 8.97. The van der Waals surface area contributed by atoms with Gasteiger partial charge >= 0.3 is 5.97 Å². The standard InChI is InChI=1S/C20H30N2O4/c1-18(2,3)16-15(22(24)25)14(13-11-9-8-10-12-13)21-20(16,7)17(23)26-19(4,5)6/h8-12,14-16,21H,1-7H3/t14-,15+,16+,20-/m0/s1. The van der Waals surface area contributed by atoms with E-state index in [4.69, 9.17) is 4.74 Å². The molecule has 1 aliphatic rings. The molecule has 0 saturated carbocycles. The van der Waals surface area contributed by atoms with Gasteiger partial charge < -0.3 is 4.74 Å². The van der Waals surface area contributed by atoms with Crippen molar-refractivity contribution in [2.75, 3.05) is 0 Å². The third-order valence-electron chi connectivity index (χ3n) is 4.92. The Bertz CT molecular complexity index is 675. The van der Waals surface area contributed by atoms with Crippen molar-refractivity contribution < 1.29 is 14.5 Å². The number of hydrogen-bond donors (Lipinski definition) is 1. The van der Waals surface area contributed by atoms with Gasteiger partial charge in [-0.15, -0.1) is 0 Å². The van der Waals surface area contributed by atoms with Crippen LogP contribution in [0.4, 0.5) is 0 Å². The lowest BCUT2D eigenvalue weighted by Crippen LogP contribution is -2.56. The number of carbonyl (C=O) groups excluding carboxylic acids is 1. The molecule has 26 heavy (non-hydrogen) atoms. The van der Waals surface area contributed by atoms with Crippen LogP contribution in [0.2, 0.25) is 0 Å². The highest BCUT2D eigenvalue weighted by molar-refractivity contribution is 5.82. The van der Waals surface area contributed by atoms with Crippen LogP contribution >= 0.6 is 0 Å². The SMILES string of the molecule is CC(C)(C)OC(=O)[C@@]1(C)N[C@@H](c2ccccc2)[C@@H]([N+](=O)[O-])[C@@H]1C(C)(C)C. The molecule has 6 heteroatoms. The lowest BCUT2D eigenvalue weighted by molar-refractivity contribution is -0.536. The van der Waals surface area contributed by atoms with Crippen LogP contribution in [-0.2, 0) is 9.53 Å². The summed E-state index contributed by atoms with van der Waals surface area (Å²) in [5.41, 5.74) is -1.50. The molecule has 1 N–H and O–H groups in total. The Balaban J connectivity index is 2.56. The summed E-state index contributed by atoms with van der Waals surface area (Å²) in [5.74, 6) is -0.986. The van der Waals surface area contributed by atoms with E-state index < -0.39 is 40.5 Å². The van der Waals surface area contributed by atoms with E-state index in [1.807, 2.05) is 51.1 Å². The zero-order valence-electron chi connectivity index (χ0n) is 16.7. The number of nitrogens with zero attached hydrogens (tertiary/aromatic N) is 1. The molecule has 0 unspecified atom stereocenters. The topological polar surface area (TPSA) is 81.5 Å². The van der Waals surface area contributed by atoms with Gasteiger partial charge in [0, 0.05) is 4.92 Å². The maximum atomic E-state index is 13.1. The first-order chi connectivity index (χ1) is 11.8. The van der Waals surface area contributed by atoms with Crippen LogP contribution in [0.5, 0.6) is 0 Å². The van der Waals surface area contributed by atoms with Gasteiger partial charge in [0.05, 0.1) is 5.92 Å². The molecule has 1 heterocycles. The van der Waals surface area contributed by atoms with Gasteiger partial charge in [0.1, 0.15) is 17.2 Å². The molecular weight excluding hydrogens is 332 g/mol. The van der Waals surface area contributed by atoms with E-state index in [-0.39, 0.29) is 4.92 Å². The minimum absolute atomic E-state index is 0.254. The Morgan fingerprint density at radius 3 is 2.12 bits per heavy atom. The van der Waals surface area contributed by atoms with E-state index in [1.54, 1.807) is 27.7 Å². The first-order valence-electron chi connectivity index (χ1n) is 8.97. The third-order valence-corrected chi connectivity index (χ3v) is 4.92. The summed E-state index contributed by atoms with van der Waals surface area (Å²) in [6.45, 7) is 12.9. The molecule has 2 rings (SSSR count). The largest absolute Gasteiger partial charge is 0.459 e. The van der Waals surface area contributed by atoms with Crippen molar-refractivity contribution in [3.8, 4) is 0 Å². The number of nitro groups is 1. The van der Waals surface area contributed by atoms with E-state index in [2.05, 4.69) is 5.32 Å². The number of benzene rings is 1. The molecule has 0 spiro atoms. The fourth-order valence-corrected chi connectivity index (χ4v) is 4.16. The Morgan fingerprint density at radius 2 is 1.69 bits per heavy atom. The number of nitrogens with one attached hydrogen (secondary N) is 1. The zero-order valence-corrected chi connectivity index (χ0v) is 16.7. The van der Waals surface area contributed by atoms with Gasteiger partial charge in [-0.3, -0.25) is 20.2 Å². The van der Waals surface area contributed by atoms with Crippen LogP contribution in [0.1, 0.15) is 60.1 Å². The summed E-state index contributed by atoms with van der Waals surface area (Å²) in [5, 5.41) is 15.3. The second-order valence-corrected chi connectivity index (χ2v) is 9.36. The van der Waals surface area contributed by atoms with E-state index in [0.717, 1.165) is 5.56 Å². The first kappa shape index (κ1) is 20.4. The van der Waals surface area contributed by atoms with E-state index in [9.17, 15) is 14.9 Å². The predicted octanol–water partition coefficient (Wildman–Crippen LogP) is 3.74. The highest BCUT2D eigenvalue weighted by atomic mass is 16.6. The van der Waals surface area contributed by atoms with Crippen molar-refractivity contribution in [2.24, 2.45) is 11.3 Å². The molecule has 1 aromatic rings. The van der Waals surface area contributed by atoms with Crippen LogP contribution in [-0.4, -0.2) is 28.1 Å². The second-order valence-electron chi connectivity index (χ2n) is 9.36. The molecule has 6 nitrogen and oxygen atoms in total. The average molecular weight is 362 g/mol. The quantitative estimate of drug-likeness (QED) is 0.503.